The number of halogens is 4. The lowest BCUT2D eigenvalue weighted by Crippen LogP contribution is -2.19. The lowest BCUT2D eigenvalue weighted by molar-refractivity contribution is -0.141. The summed E-state index contributed by atoms with van der Waals surface area (Å²) in [6.45, 7) is 1.17. The van der Waals surface area contributed by atoms with Gasteiger partial charge in [-0.2, -0.15) is 17.6 Å². The maximum absolute atomic E-state index is 13.4. The van der Waals surface area contributed by atoms with Crippen LogP contribution in [0.3, 0.4) is 0 Å². The van der Waals surface area contributed by atoms with E-state index in [4.69, 9.17) is 4.74 Å². The molecule has 1 aliphatic rings. The molecule has 0 saturated carbocycles. The van der Waals surface area contributed by atoms with Crippen LogP contribution in [-0.2, 0) is 10.9 Å². The van der Waals surface area contributed by atoms with E-state index in [0.717, 1.165) is 18.9 Å². The van der Waals surface area contributed by atoms with Crippen LogP contribution >= 0.6 is 0 Å². The molecule has 1 fully saturated rings. The number of pyridine rings is 2. The van der Waals surface area contributed by atoms with Crippen molar-refractivity contribution in [2.75, 3.05) is 23.8 Å². The maximum Gasteiger partial charge on any atom is 0.433 e. The minimum absolute atomic E-state index is 0.0135. The van der Waals surface area contributed by atoms with Crippen molar-refractivity contribution in [2.45, 2.75) is 25.1 Å². The second-order valence-electron chi connectivity index (χ2n) is 6.88. The fourth-order valence-electron chi connectivity index (χ4n) is 3.09. The highest BCUT2D eigenvalue weighted by atomic mass is 19.4. The Bertz CT molecular complexity index is 1060. The molecule has 31 heavy (non-hydrogen) atoms. The Morgan fingerprint density at radius 3 is 2.65 bits per heavy atom. The molecule has 162 valence electrons. The molecular formula is C20H18F4N6O. The molecule has 0 bridgehead atoms. The highest BCUT2D eigenvalue weighted by Gasteiger charge is 2.32. The van der Waals surface area contributed by atoms with Crippen molar-refractivity contribution in [3.05, 3.63) is 54.2 Å². The number of ether oxygens (including phenoxy) is 1. The smallest absolute Gasteiger partial charge is 0.376 e. The standard InChI is InChI=1S/C20H18F4N6O/c21-16-9-12(6-7-25-16)27-18-10-17(26-11-13-3-2-8-31-13)29-19(30-18)14-4-1-5-15(28-14)20(22,23)24/h1,4-7,9-10,13H,2-3,8,11H2,(H2,25,26,27,29,30). The van der Waals surface area contributed by atoms with Crippen LogP contribution in [0.25, 0.3) is 11.5 Å². The van der Waals surface area contributed by atoms with E-state index in [2.05, 4.69) is 30.6 Å². The largest absolute Gasteiger partial charge is 0.433 e. The molecule has 3 aromatic heterocycles. The van der Waals surface area contributed by atoms with Crippen molar-refractivity contribution in [1.82, 2.24) is 19.9 Å². The average Bonchev–Trinajstić information content (AvgIpc) is 3.25. The number of hydrogen-bond acceptors (Lipinski definition) is 7. The van der Waals surface area contributed by atoms with Gasteiger partial charge in [0.2, 0.25) is 5.95 Å². The first-order valence-corrected chi connectivity index (χ1v) is 9.54. The monoisotopic (exact) mass is 434 g/mol. The molecule has 0 radical (unpaired) electrons. The van der Waals surface area contributed by atoms with Gasteiger partial charge in [-0.15, -0.1) is 0 Å². The maximum atomic E-state index is 13.4. The van der Waals surface area contributed by atoms with Crippen LogP contribution in [0.2, 0.25) is 0 Å². The zero-order valence-electron chi connectivity index (χ0n) is 16.2. The van der Waals surface area contributed by atoms with Crippen LogP contribution in [-0.4, -0.2) is 39.2 Å². The van der Waals surface area contributed by atoms with Crippen molar-refractivity contribution in [3.8, 4) is 11.5 Å². The van der Waals surface area contributed by atoms with E-state index in [9.17, 15) is 17.6 Å². The summed E-state index contributed by atoms with van der Waals surface area (Å²) in [5.74, 6) is -0.0718. The quantitative estimate of drug-likeness (QED) is 0.439. The Morgan fingerprint density at radius 1 is 1.06 bits per heavy atom. The van der Waals surface area contributed by atoms with Crippen LogP contribution in [0, 0.1) is 5.95 Å². The Kier molecular flexibility index (Phi) is 5.94. The summed E-state index contributed by atoms with van der Waals surface area (Å²) in [6, 6.07) is 7.79. The molecule has 0 amide bonds. The molecule has 4 heterocycles. The van der Waals surface area contributed by atoms with Crippen molar-refractivity contribution >= 4 is 17.3 Å². The lowest BCUT2D eigenvalue weighted by atomic mass is 10.2. The van der Waals surface area contributed by atoms with Gasteiger partial charge in [-0.25, -0.2) is 19.9 Å². The fourth-order valence-corrected chi connectivity index (χ4v) is 3.09. The minimum atomic E-state index is -4.60. The summed E-state index contributed by atoms with van der Waals surface area (Å²) in [6.07, 6.45) is -1.42. The van der Waals surface area contributed by atoms with E-state index in [-0.39, 0.29) is 23.4 Å². The van der Waals surface area contributed by atoms with E-state index >= 15 is 0 Å². The van der Waals surface area contributed by atoms with E-state index in [1.54, 1.807) is 6.07 Å². The van der Waals surface area contributed by atoms with Crippen LogP contribution in [0.5, 0.6) is 0 Å². The Morgan fingerprint density at radius 2 is 1.90 bits per heavy atom. The summed E-state index contributed by atoms with van der Waals surface area (Å²) >= 11 is 0. The van der Waals surface area contributed by atoms with Gasteiger partial charge in [-0.1, -0.05) is 6.07 Å². The Labute approximate surface area is 174 Å². The third kappa shape index (κ3) is 5.43. The van der Waals surface area contributed by atoms with Gasteiger partial charge in [-0.3, -0.25) is 0 Å². The van der Waals surface area contributed by atoms with Crippen LogP contribution < -0.4 is 10.6 Å². The third-order valence-electron chi connectivity index (χ3n) is 4.53. The van der Waals surface area contributed by atoms with Crippen molar-refractivity contribution in [1.29, 1.82) is 0 Å². The summed E-state index contributed by atoms with van der Waals surface area (Å²) in [7, 11) is 0. The van der Waals surface area contributed by atoms with Gasteiger partial charge < -0.3 is 15.4 Å². The molecule has 0 spiro atoms. The van der Waals surface area contributed by atoms with Gasteiger partial charge in [0.05, 0.1) is 6.10 Å². The number of hydrogen-bond donors (Lipinski definition) is 2. The molecule has 0 aromatic carbocycles. The van der Waals surface area contributed by atoms with E-state index in [1.165, 1.54) is 30.5 Å². The topological polar surface area (TPSA) is 84.9 Å². The zero-order chi connectivity index (χ0) is 21.8. The summed E-state index contributed by atoms with van der Waals surface area (Å²) in [5, 5.41) is 6.04. The fraction of sp³-hybridized carbons (Fsp3) is 0.300. The zero-order valence-corrected chi connectivity index (χ0v) is 16.2. The molecule has 7 nitrogen and oxygen atoms in total. The SMILES string of the molecule is Fc1cc(Nc2cc(NCC3CCCO3)nc(-c3cccc(C(F)(F)F)n3)n2)ccn1. The van der Waals surface area contributed by atoms with Crippen LogP contribution in [0.15, 0.2) is 42.6 Å². The molecule has 0 aliphatic carbocycles. The number of aromatic nitrogens is 4. The molecule has 2 N–H and O–H groups in total. The van der Waals surface area contributed by atoms with Crippen LogP contribution in [0.4, 0.5) is 34.9 Å². The van der Waals surface area contributed by atoms with Gasteiger partial charge in [0.1, 0.15) is 23.0 Å². The summed E-state index contributed by atoms with van der Waals surface area (Å²) in [5.41, 5.74) is -0.712. The summed E-state index contributed by atoms with van der Waals surface area (Å²) in [4.78, 5) is 15.7. The highest BCUT2D eigenvalue weighted by molar-refractivity contribution is 5.63. The van der Waals surface area contributed by atoms with E-state index in [1.807, 2.05) is 0 Å². The number of nitrogens with one attached hydrogen (secondary N) is 2. The third-order valence-corrected chi connectivity index (χ3v) is 4.53. The molecular weight excluding hydrogens is 416 g/mol. The number of rotatable bonds is 6. The second kappa shape index (κ2) is 8.80. The van der Waals surface area contributed by atoms with E-state index in [0.29, 0.717) is 24.7 Å². The van der Waals surface area contributed by atoms with Crippen molar-refractivity contribution < 1.29 is 22.3 Å². The minimum Gasteiger partial charge on any atom is -0.376 e. The number of alkyl halides is 3. The molecule has 4 rings (SSSR count). The molecule has 11 heteroatoms. The number of nitrogens with zero attached hydrogens (tertiary/aromatic N) is 4. The van der Waals surface area contributed by atoms with E-state index < -0.39 is 17.8 Å². The van der Waals surface area contributed by atoms with Gasteiger partial charge in [0.25, 0.3) is 0 Å². The average molecular weight is 434 g/mol. The predicted octanol–water partition coefficient (Wildman–Crippen LogP) is 4.43. The Balaban J connectivity index is 1.66. The molecule has 3 aromatic rings. The molecule has 1 unspecified atom stereocenters. The van der Waals surface area contributed by atoms with Crippen molar-refractivity contribution in [3.63, 3.8) is 0 Å². The van der Waals surface area contributed by atoms with Gasteiger partial charge in [0.15, 0.2) is 5.82 Å². The summed E-state index contributed by atoms with van der Waals surface area (Å²) < 4.78 is 58.2. The van der Waals surface area contributed by atoms with Gasteiger partial charge in [0, 0.05) is 37.2 Å². The first-order valence-electron chi connectivity index (χ1n) is 9.54. The normalized spacial score (nSPS) is 16.3. The first-order chi connectivity index (χ1) is 14.9. The van der Waals surface area contributed by atoms with Crippen LogP contribution in [0.1, 0.15) is 18.5 Å². The Hall–Kier alpha value is -3.34. The first kappa shape index (κ1) is 20.9. The molecule has 1 aliphatic heterocycles. The van der Waals surface area contributed by atoms with Crippen molar-refractivity contribution in [2.24, 2.45) is 0 Å². The molecule has 1 atom stereocenters. The highest BCUT2D eigenvalue weighted by Crippen LogP contribution is 2.29. The van der Waals surface area contributed by atoms with Gasteiger partial charge in [-0.05, 0) is 31.0 Å². The lowest BCUT2D eigenvalue weighted by Gasteiger charge is -2.14. The number of anilines is 3. The molecule has 1 saturated heterocycles. The predicted molar refractivity (Wildman–Crippen MR) is 105 cm³/mol. The van der Waals surface area contributed by atoms with Gasteiger partial charge >= 0.3 is 6.18 Å². The second-order valence-corrected chi connectivity index (χ2v) is 6.88.